The van der Waals surface area contributed by atoms with Gasteiger partial charge >= 0.3 is 0 Å². The molecule has 1 aliphatic rings. The third kappa shape index (κ3) is 2.32. The highest BCUT2D eigenvalue weighted by molar-refractivity contribution is 7.10. The number of ether oxygens (including phenoxy) is 1. The fourth-order valence-corrected chi connectivity index (χ4v) is 3.15. The van der Waals surface area contributed by atoms with Crippen LogP contribution in [0.25, 0.3) is 11.3 Å². The molecule has 3 nitrogen and oxygen atoms in total. The molecule has 3 rings (SSSR count). The van der Waals surface area contributed by atoms with E-state index in [-0.39, 0.29) is 0 Å². The third-order valence-electron chi connectivity index (χ3n) is 3.26. The molecule has 1 aromatic heterocycles. The Kier molecular flexibility index (Phi) is 3.41. The van der Waals surface area contributed by atoms with Gasteiger partial charge in [0.25, 0.3) is 0 Å². The monoisotopic (exact) mass is 260 g/mol. The van der Waals surface area contributed by atoms with Crippen LogP contribution in [-0.4, -0.2) is 18.2 Å². The van der Waals surface area contributed by atoms with Crippen LogP contribution < -0.4 is 5.73 Å². The van der Waals surface area contributed by atoms with E-state index in [2.05, 4.69) is 17.5 Å². The molecule has 1 aliphatic heterocycles. The minimum Gasteiger partial charge on any atom is -0.381 e. The zero-order chi connectivity index (χ0) is 12.4. The Labute approximate surface area is 111 Å². The number of nitrogens with zero attached hydrogens (tertiary/aromatic N) is 1. The van der Waals surface area contributed by atoms with Gasteiger partial charge in [0.15, 0.2) is 0 Å². The molecule has 2 heterocycles. The van der Waals surface area contributed by atoms with Crippen molar-refractivity contribution >= 4 is 11.3 Å². The highest BCUT2D eigenvalue weighted by atomic mass is 32.1. The van der Waals surface area contributed by atoms with Gasteiger partial charge in [-0.05, 0) is 18.1 Å². The van der Waals surface area contributed by atoms with Gasteiger partial charge in [-0.15, -0.1) is 11.3 Å². The van der Waals surface area contributed by atoms with Gasteiger partial charge in [-0.3, -0.25) is 0 Å². The summed E-state index contributed by atoms with van der Waals surface area (Å²) in [5, 5.41) is 3.32. The molecule has 1 aromatic carbocycles. The Balaban J connectivity index is 1.87. The minimum absolute atomic E-state index is 0.487. The molecule has 1 fully saturated rings. The van der Waals surface area contributed by atoms with E-state index in [1.54, 1.807) is 11.3 Å². The van der Waals surface area contributed by atoms with E-state index in [1.165, 1.54) is 5.01 Å². The number of hydrogen-bond acceptors (Lipinski definition) is 4. The molecule has 1 atom stereocenters. The van der Waals surface area contributed by atoms with Crippen LogP contribution in [0.1, 0.15) is 22.9 Å². The molecule has 0 amide bonds. The van der Waals surface area contributed by atoms with Crippen LogP contribution in [0.3, 0.4) is 0 Å². The SMILES string of the molecule is NCc1cccc(-c2csc(C3CCOC3)n2)c1. The van der Waals surface area contributed by atoms with Gasteiger partial charge in [0.1, 0.15) is 0 Å². The maximum absolute atomic E-state index is 5.67. The minimum atomic E-state index is 0.487. The Morgan fingerprint density at radius 1 is 1.44 bits per heavy atom. The van der Waals surface area contributed by atoms with Crippen molar-refractivity contribution in [1.29, 1.82) is 0 Å². The quantitative estimate of drug-likeness (QED) is 0.923. The Morgan fingerprint density at radius 2 is 2.39 bits per heavy atom. The zero-order valence-electron chi connectivity index (χ0n) is 10.1. The summed E-state index contributed by atoms with van der Waals surface area (Å²) in [6.45, 7) is 2.25. The smallest absolute Gasteiger partial charge is 0.0987 e. The van der Waals surface area contributed by atoms with Gasteiger partial charge in [-0.2, -0.15) is 0 Å². The third-order valence-corrected chi connectivity index (χ3v) is 4.27. The molecule has 0 radical (unpaired) electrons. The van der Waals surface area contributed by atoms with Crippen molar-refractivity contribution in [2.75, 3.05) is 13.2 Å². The van der Waals surface area contributed by atoms with Crippen molar-refractivity contribution in [3.05, 3.63) is 40.2 Å². The Hall–Kier alpha value is -1.23. The molecular weight excluding hydrogens is 244 g/mol. The van der Waals surface area contributed by atoms with Gasteiger partial charge in [0.05, 0.1) is 17.3 Å². The first-order chi connectivity index (χ1) is 8.86. The van der Waals surface area contributed by atoms with Crippen molar-refractivity contribution in [2.24, 2.45) is 5.73 Å². The van der Waals surface area contributed by atoms with Crippen LogP contribution in [0.15, 0.2) is 29.6 Å². The highest BCUT2D eigenvalue weighted by Gasteiger charge is 2.21. The van der Waals surface area contributed by atoms with E-state index < -0.39 is 0 Å². The van der Waals surface area contributed by atoms with Gasteiger partial charge in [0, 0.05) is 30.0 Å². The van der Waals surface area contributed by atoms with Crippen LogP contribution in [0.5, 0.6) is 0 Å². The summed E-state index contributed by atoms with van der Waals surface area (Å²) in [5.74, 6) is 0.487. The lowest BCUT2D eigenvalue weighted by atomic mass is 10.1. The maximum atomic E-state index is 5.67. The van der Waals surface area contributed by atoms with Crippen LogP contribution in [0.4, 0.5) is 0 Å². The second-order valence-electron chi connectivity index (χ2n) is 4.54. The predicted molar refractivity (Wildman–Crippen MR) is 73.6 cm³/mol. The lowest BCUT2D eigenvalue weighted by Crippen LogP contribution is -1.97. The lowest BCUT2D eigenvalue weighted by Gasteiger charge is -2.02. The average molecular weight is 260 g/mol. The van der Waals surface area contributed by atoms with Crippen LogP contribution in [0.2, 0.25) is 0 Å². The van der Waals surface area contributed by atoms with Gasteiger partial charge < -0.3 is 10.5 Å². The summed E-state index contributed by atoms with van der Waals surface area (Å²) in [6.07, 6.45) is 1.09. The first-order valence-corrected chi connectivity index (χ1v) is 7.07. The Morgan fingerprint density at radius 3 is 3.17 bits per heavy atom. The summed E-state index contributed by atoms with van der Waals surface area (Å²) < 4.78 is 5.41. The number of hydrogen-bond donors (Lipinski definition) is 1. The molecule has 1 unspecified atom stereocenters. The van der Waals surface area contributed by atoms with Gasteiger partial charge in [0.2, 0.25) is 0 Å². The van der Waals surface area contributed by atoms with Gasteiger partial charge in [-0.1, -0.05) is 18.2 Å². The summed E-state index contributed by atoms with van der Waals surface area (Å²) in [6, 6.07) is 8.28. The van der Waals surface area contributed by atoms with Crippen molar-refractivity contribution in [2.45, 2.75) is 18.9 Å². The first-order valence-electron chi connectivity index (χ1n) is 6.19. The fourth-order valence-electron chi connectivity index (χ4n) is 2.19. The summed E-state index contributed by atoms with van der Waals surface area (Å²) in [4.78, 5) is 4.74. The average Bonchev–Trinajstić information content (AvgIpc) is 3.09. The van der Waals surface area contributed by atoms with E-state index in [0.717, 1.165) is 36.5 Å². The molecule has 18 heavy (non-hydrogen) atoms. The van der Waals surface area contributed by atoms with Crippen molar-refractivity contribution in [3.63, 3.8) is 0 Å². The fraction of sp³-hybridized carbons (Fsp3) is 0.357. The zero-order valence-corrected chi connectivity index (χ0v) is 11.0. The molecule has 2 N–H and O–H groups in total. The molecule has 0 aliphatic carbocycles. The maximum Gasteiger partial charge on any atom is 0.0987 e. The largest absolute Gasteiger partial charge is 0.381 e. The van der Waals surface area contributed by atoms with Crippen molar-refractivity contribution < 1.29 is 4.74 Å². The summed E-state index contributed by atoms with van der Waals surface area (Å²) >= 11 is 1.73. The van der Waals surface area contributed by atoms with E-state index in [1.807, 2.05) is 12.1 Å². The summed E-state index contributed by atoms with van der Waals surface area (Å²) in [7, 11) is 0. The normalized spacial score (nSPS) is 19.3. The van der Waals surface area contributed by atoms with E-state index >= 15 is 0 Å². The van der Waals surface area contributed by atoms with Crippen molar-refractivity contribution in [3.8, 4) is 11.3 Å². The van der Waals surface area contributed by atoms with E-state index in [4.69, 9.17) is 15.5 Å². The molecule has 0 spiro atoms. The molecule has 0 bridgehead atoms. The molecule has 94 valence electrons. The molecular formula is C14H16N2OS. The molecule has 2 aromatic rings. The number of nitrogens with two attached hydrogens (primary N) is 1. The Bertz CT molecular complexity index is 532. The molecule has 1 saturated heterocycles. The van der Waals surface area contributed by atoms with Crippen LogP contribution >= 0.6 is 11.3 Å². The predicted octanol–water partition coefficient (Wildman–Crippen LogP) is 2.77. The second kappa shape index (κ2) is 5.18. The number of thiazole rings is 1. The first kappa shape index (κ1) is 11.8. The number of rotatable bonds is 3. The number of aromatic nitrogens is 1. The van der Waals surface area contributed by atoms with Crippen LogP contribution in [0, 0.1) is 0 Å². The molecule has 4 heteroatoms. The standard InChI is InChI=1S/C14H16N2OS/c15-7-10-2-1-3-11(6-10)13-9-18-14(16-13)12-4-5-17-8-12/h1-3,6,9,12H,4-5,7-8,15H2. The van der Waals surface area contributed by atoms with Gasteiger partial charge in [-0.25, -0.2) is 4.98 Å². The van der Waals surface area contributed by atoms with E-state index in [0.29, 0.717) is 12.5 Å². The topological polar surface area (TPSA) is 48.1 Å². The lowest BCUT2D eigenvalue weighted by molar-refractivity contribution is 0.194. The van der Waals surface area contributed by atoms with Crippen molar-refractivity contribution in [1.82, 2.24) is 4.98 Å². The second-order valence-corrected chi connectivity index (χ2v) is 5.43. The van der Waals surface area contributed by atoms with Crippen LogP contribution in [-0.2, 0) is 11.3 Å². The van der Waals surface area contributed by atoms with E-state index in [9.17, 15) is 0 Å². The summed E-state index contributed by atoms with van der Waals surface area (Å²) in [5.41, 5.74) is 9.02. The highest BCUT2D eigenvalue weighted by Crippen LogP contribution is 2.31. The number of benzene rings is 1. The molecule has 0 saturated carbocycles.